The lowest BCUT2D eigenvalue weighted by Crippen LogP contribution is -2.41. The van der Waals surface area contributed by atoms with Gasteiger partial charge in [0.15, 0.2) is 11.6 Å². The lowest BCUT2D eigenvalue weighted by molar-refractivity contribution is 0.0383. The second-order valence-corrected chi connectivity index (χ2v) is 8.25. The van der Waals surface area contributed by atoms with Crippen molar-refractivity contribution in [1.82, 2.24) is 30.4 Å². The Bertz CT molecular complexity index is 1180. The van der Waals surface area contributed by atoms with Gasteiger partial charge in [-0.1, -0.05) is 6.08 Å². The number of carbonyl (C=O) groups is 1. The average Bonchev–Trinajstić information content (AvgIpc) is 3.31. The van der Waals surface area contributed by atoms with E-state index in [1.54, 1.807) is 32.4 Å². The Morgan fingerprint density at radius 2 is 1.81 bits per heavy atom. The van der Waals surface area contributed by atoms with E-state index in [0.29, 0.717) is 35.5 Å². The SMILES string of the molecule is COc1cc(C=Cc2nc(Nc3cc(C)[nH]n3)cc(C(=O)NCCN3CCOCC3)n2)cc(OC)c1. The number of anilines is 2. The van der Waals surface area contributed by atoms with Crippen molar-refractivity contribution in [2.45, 2.75) is 6.92 Å². The summed E-state index contributed by atoms with van der Waals surface area (Å²) in [5, 5.41) is 13.2. The highest BCUT2D eigenvalue weighted by Gasteiger charge is 2.14. The highest BCUT2D eigenvalue weighted by molar-refractivity contribution is 5.93. The van der Waals surface area contributed by atoms with Gasteiger partial charge in [-0.25, -0.2) is 9.97 Å². The quantitative estimate of drug-likeness (QED) is 0.390. The number of aromatic amines is 1. The number of hydrogen-bond donors (Lipinski definition) is 3. The first kappa shape index (κ1) is 25.1. The number of ether oxygens (including phenoxy) is 3. The molecule has 0 aliphatic carbocycles. The summed E-state index contributed by atoms with van der Waals surface area (Å²) >= 11 is 0. The van der Waals surface area contributed by atoms with E-state index < -0.39 is 0 Å². The van der Waals surface area contributed by atoms with E-state index in [1.807, 2.05) is 31.2 Å². The molecule has 0 spiro atoms. The molecule has 0 unspecified atom stereocenters. The van der Waals surface area contributed by atoms with Crippen LogP contribution >= 0.6 is 0 Å². The van der Waals surface area contributed by atoms with Crippen LogP contribution in [0.15, 0.2) is 30.3 Å². The fourth-order valence-electron chi connectivity index (χ4n) is 3.67. The van der Waals surface area contributed by atoms with Crippen molar-refractivity contribution in [3.05, 3.63) is 53.1 Å². The van der Waals surface area contributed by atoms with Crippen LogP contribution in [-0.2, 0) is 4.74 Å². The first-order valence-electron chi connectivity index (χ1n) is 11.7. The molecule has 36 heavy (non-hydrogen) atoms. The minimum absolute atomic E-state index is 0.254. The fourth-order valence-corrected chi connectivity index (χ4v) is 3.67. The lowest BCUT2D eigenvalue weighted by Gasteiger charge is -2.26. The molecule has 1 saturated heterocycles. The van der Waals surface area contributed by atoms with Crippen molar-refractivity contribution >= 4 is 29.7 Å². The number of benzene rings is 1. The molecule has 1 aliphatic heterocycles. The van der Waals surface area contributed by atoms with Gasteiger partial charge in [0, 0.05) is 50.1 Å². The molecule has 11 heteroatoms. The van der Waals surface area contributed by atoms with E-state index in [0.717, 1.165) is 44.1 Å². The van der Waals surface area contributed by atoms with Gasteiger partial charge < -0.3 is 24.8 Å². The Hall–Kier alpha value is -3.96. The number of morpholine rings is 1. The van der Waals surface area contributed by atoms with Crippen LogP contribution in [0.1, 0.15) is 27.6 Å². The minimum Gasteiger partial charge on any atom is -0.497 e. The van der Waals surface area contributed by atoms with Crippen LogP contribution in [-0.4, -0.2) is 84.6 Å². The van der Waals surface area contributed by atoms with Gasteiger partial charge in [0.1, 0.15) is 23.0 Å². The highest BCUT2D eigenvalue weighted by atomic mass is 16.5. The zero-order chi connectivity index (χ0) is 25.3. The smallest absolute Gasteiger partial charge is 0.270 e. The van der Waals surface area contributed by atoms with Gasteiger partial charge in [-0.2, -0.15) is 5.10 Å². The third kappa shape index (κ3) is 7.03. The summed E-state index contributed by atoms with van der Waals surface area (Å²) in [7, 11) is 3.20. The molecule has 0 atom stereocenters. The van der Waals surface area contributed by atoms with Crippen LogP contribution < -0.4 is 20.1 Å². The summed E-state index contributed by atoms with van der Waals surface area (Å²) in [5.74, 6) is 2.48. The Balaban J connectivity index is 1.53. The number of nitrogens with one attached hydrogen (secondary N) is 3. The standard InChI is InChI=1S/C25H31N7O4/c1-17-12-24(31-30-17)29-23-16-21(25(33)26-6-7-32-8-10-36-11-9-32)27-22(28-23)5-4-18-13-19(34-2)15-20(14-18)35-3/h4-5,12-16H,6-11H2,1-3H3,(H,26,33)(H2,27,28,29,30,31). The maximum atomic E-state index is 12.9. The maximum absolute atomic E-state index is 12.9. The molecule has 0 bridgehead atoms. The Morgan fingerprint density at radius 3 is 2.47 bits per heavy atom. The average molecular weight is 494 g/mol. The molecule has 1 aromatic carbocycles. The van der Waals surface area contributed by atoms with E-state index in [2.05, 4.69) is 35.7 Å². The summed E-state index contributed by atoms with van der Waals surface area (Å²) in [6.07, 6.45) is 3.57. The summed E-state index contributed by atoms with van der Waals surface area (Å²) in [4.78, 5) is 24.2. The van der Waals surface area contributed by atoms with Gasteiger partial charge in [-0.05, 0) is 30.7 Å². The first-order valence-corrected chi connectivity index (χ1v) is 11.7. The van der Waals surface area contributed by atoms with Crippen molar-refractivity contribution in [2.24, 2.45) is 0 Å². The van der Waals surface area contributed by atoms with Gasteiger partial charge in [-0.3, -0.25) is 14.8 Å². The number of methoxy groups -OCH3 is 2. The molecule has 3 aromatic rings. The third-order valence-electron chi connectivity index (χ3n) is 5.55. The topological polar surface area (TPSA) is 127 Å². The Morgan fingerprint density at radius 1 is 1.06 bits per heavy atom. The maximum Gasteiger partial charge on any atom is 0.270 e. The molecule has 3 heterocycles. The van der Waals surface area contributed by atoms with Crippen molar-refractivity contribution in [2.75, 3.05) is 58.9 Å². The third-order valence-corrected chi connectivity index (χ3v) is 5.55. The predicted octanol–water partition coefficient (Wildman–Crippen LogP) is 2.50. The van der Waals surface area contributed by atoms with E-state index in [-0.39, 0.29) is 11.6 Å². The molecule has 190 valence electrons. The van der Waals surface area contributed by atoms with Gasteiger partial charge >= 0.3 is 0 Å². The summed E-state index contributed by atoms with van der Waals surface area (Å²) in [6, 6.07) is 8.99. The molecular formula is C25H31N7O4. The molecule has 0 saturated carbocycles. The Kier molecular flexibility index (Phi) is 8.48. The number of H-pyrrole nitrogens is 1. The van der Waals surface area contributed by atoms with Crippen LogP contribution in [0.2, 0.25) is 0 Å². The molecule has 3 N–H and O–H groups in total. The molecule has 2 aromatic heterocycles. The number of amides is 1. The molecule has 11 nitrogen and oxygen atoms in total. The van der Waals surface area contributed by atoms with Crippen molar-refractivity contribution in [3.8, 4) is 11.5 Å². The van der Waals surface area contributed by atoms with Crippen LogP contribution in [0, 0.1) is 6.92 Å². The summed E-state index contributed by atoms with van der Waals surface area (Å²) in [6.45, 7) is 6.34. The van der Waals surface area contributed by atoms with E-state index in [4.69, 9.17) is 14.2 Å². The number of aryl methyl sites for hydroxylation is 1. The highest BCUT2D eigenvalue weighted by Crippen LogP contribution is 2.24. The monoisotopic (exact) mass is 493 g/mol. The van der Waals surface area contributed by atoms with E-state index in [1.165, 1.54) is 0 Å². The molecule has 0 radical (unpaired) electrons. The summed E-state index contributed by atoms with van der Waals surface area (Å²) in [5.41, 5.74) is 2.00. The van der Waals surface area contributed by atoms with Crippen LogP contribution in [0.3, 0.4) is 0 Å². The second-order valence-electron chi connectivity index (χ2n) is 8.25. The van der Waals surface area contributed by atoms with Gasteiger partial charge in [0.25, 0.3) is 5.91 Å². The zero-order valence-corrected chi connectivity index (χ0v) is 20.7. The largest absolute Gasteiger partial charge is 0.497 e. The van der Waals surface area contributed by atoms with Crippen LogP contribution in [0.25, 0.3) is 12.2 Å². The van der Waals surface area contributed by atoms with Crippen LogP contribution in [0.4, 0.5) is 11.6 Å². The number of hydrogen-bond acceptors (Lipinski definition) is 9. The van der Waals surface area contributed by atoms with Gasteiger partial charge in [-0.15, -0.1) is 0 Å². The number of rotatable bonds is 10. The molecule has 4 rings (SSSR count). The fraction of sp³-hybridized carbons (Fsp3) is 0.360. The van der Waals surface area contributed by atoms with Crippen molar-refractivity contribution in [3.63, 3.8) is 0 Å². The Labute approximate surface area is 209 Å². The molecule has 1 amide bonds. The molecule has 1 fully saturated rings. The molecule has 1 aliphatic rings. The first-order chi connectivity index (χ1) is 17.5. The van der Waals surface area contributed by atoms with Crippen molar-refractivity contribution < 1.29 is 19.0 Å². The zero-order valence-electron chi connectivity index (χ0n) is 20.7. The van der Waals surface area contributed by atoms with Gasteiger partial charge in [0.05, 0.1) is 27.4 Å². The predicted molar refractivity (Wildman–Crippen MR) is 137 cm³/mol. The van der Waals surface area contributed by atoms with Crippen molar-refractivity contribution in [1.29, 1.82) is 0 Å². The van der Waals surface area contributed by atoms with Gasteiger partial charge in [0.2, 0.25) is 0 Å². The second kappa shape index (κ2) is 12.1. The summed E-state index contributed by atoms with van der Waals surface area (Å²) < 4.78 is 16.1. The lowest BCUT2D eigenvalue weighted by atomic mass is 10.2. The number of nitrogens with zero attached hydrogens (tertiary/aromatic N) is 4. The molecular weight excluding hydrogens is 462 g/mol. The minimum atomic E-state index is -0.274. The van der Waals surface area contributed by atoms with E-state index in [9.17, 15) is 4.79 Å². The number of aromatic nitrogens is 4. The van der Waals surface area contributed by atoms with E-state index >= 15 is 0 Å². The normalized spacial score (nSPS) is 14.1. The van der Waals surface area contributed by atoms with Crippen LogP contribution in [0.5, 0.6) is 11.5 Å². The number of carbonyl (C=O) groups excluding carboxylic acids is 1.